The van der Waals surface area contributed by atoms with Gasteiger partial charge in [0.1, 0.15) is 0 Å². The lowest BCUT2D eigenvalue weighted by atomic mass is 9.86. The van der Waals surface area contributed by atoms with E-state index in [4.69, 9.17) is 0 Å². The molecule has 1 amide bonds. The van der Waals surface area contributed by atoms with Crippen LogP contribution in [0.15, 0.2) is 0 Å². The van der Waals surface area contributed by atoms with Gasteiger partial charge in [-0.15, -0.1) is 0 Å². The molecule has 1 rings (SSSR count). The van der Waals surface area contributed by atoms with Crippen molar-refractivity contribution in [3.63, 3.8) is 0 Å². The summed E-state index contributed by atoms with van der Waals surface area (Å²) in [5.41, 5.74) is 0. The van der Waals surface area contributed by atoms with E-state index in [9.17, 15) is 4.79 Å². The van der Waals surface area contributed by atoms with E-state index in [-0.39, 0.29) is 0 Å². The van der Waals surface area contributed by atoms with Gasteiger partial charge in [0, 0.05) is 19.5 Å². The van der Waals surface area contributed by atoms with Crippen molar-refractivity contribution in [2.75, 3.05) is 7.05 Å². The van der Waals surface area contributed by atoms with Crippen LogP contribution in [0.1, 0.15) is 46.0 Å². The lowest BCUT2D eigenvalue weighted by Crippen LogP contribution is -2.39. The van der Waals surface area contributed by atoms with Crippen LogP contribution >= 0.6 is 0 Å². The van der Waals surface area contributed by atoms with Crippen molar-refractivity contribution in [1.29, 1.82) is 0 Å². The van der Waals surface area contributed by atoms with Crippen molar-refractivity contribution in [2.45, 2.75) is 52.0 Å². The predicted molar refractivity (Wildman–Crippen MR) is 54.5 cm³/mol. The maximum Gasteiger partial charge on any atom is 0.222 e. The van der Waals surface area contributed by atoms with Crippen molar-refractivity contribution >= 4 is 5.91 Å². The lowest BCUT2D eigenvalue weighted by molar-refractivity contribution is -0.132. The Kier molecular flexibility index (Phi) is 3.76. The summed E-state index contributed by atoms with van der Waals surface area (Å²) in [4.78, 5) is 13.4. The highest BCUT2D eigenvalue weighted by atomic mass is 16.2. The number of nitrogens with zero attached hydrogens (tertiary/aromatic N) is 1. The van der Waals surface area contributed by atoms with Crippen LogP contribution in [0.3, 0.4) is 0 Å². The van der Waals surface area contributed by atoms with E-state index in [1.165, 1.54) is 25.7 Å². The summed E-state index contributed by atoms with van der Waals surface area (Å²) in [6.45, 7) is 4.22. The monoisotopic (exact) mass is 183 g/mol. The Labute approximate surface area is 81.3 Å². The fourth-order valence-electron chi connectivity index (χ4n) is 2.21. The molecule has 0 aliphatic heterocycles. The molecule has 2 nitrogen and oxygen atoms in total. The molecule has 0 radical (unpaired) electrons. The van der Waals surface area contributed by atoms with Gasteiger partial charge in [-0.3, -0.25) is 4.79 Å². The third-order valence-corrected chi connectivity index (χ3v) is 3.15. The zero-order valence-corrected chi connectivity index (χ0v) is 9.05. The van der Waals surface area contributed by atoms with Crippen LogP contribution in [0, 0.1) is 5.92 Å². The molecule has 0 saturated heterocycles. The maximum atomic E-state index is 11.4. The van der Waals surface area contributed by atoms with Gasteiger partial charge in [-0.05, 0) is 18.8 Å². The molecule has 2 unspecified atom stereocenters. The van der Waals surface area contributed by atoms with Crippen LogP contribution in [0.5, 0.6) is 0 Å². The number of hydrogen-bond acceptors (Lipinski definition) is 1. The normalized spacial score (nSPS) is 28.5. The van der Waals surface area contributed by atoms with Gasteiger partial charge >= 0.3 is 0 Å². The second-order valence-corrected chi connectivity index (χ2v) is 4.28. The Morgan fingerprint density at radius 1 is 1.46 bits per heavy atom. The molecule has 0 aromatic rings. The summed E-state index contributed by atoms with van der Waals surface area (Å²) in [6, 6.07) is 0.510. The second-order valence-electron chi connectivity index (χ2n) is 4.28. The van der Waals surface area contributed by atoms with Crippen LogP contribution < -0.4 is 0 Å². The van der Waals surface area contributed by atoms with Gasteiger partial charge in [0.15, 0.2) is 0 Å². The largest absolute Gasteiger partial charge is 0.343 e. The molecule has 0 heterocycles. The Hall–Kier alpha value is -0.530. The Morgan fingerprint density at radius 3 is 2.69 bits per heavy atom. The highest BCUT2D eigenvalue weighted by Gasteiger charge is 2.24. The molecule has 1 aliphatic rings. The molecule has 1 aliphatic carbocycles. The average Bonchev–Trinajstić information content (AvgIpc) is 2.15. The summed E-state index contributed by atoms with van der Waals surface area (Å²) in [6.07, 6.45) is 5.66. The van der Waals surface area contributed by atoms with Crippen LogP contribution in [-0.2, 0) is 4.79 Å². The fourth-order valence-corrected chi connectivity index (χ4v) is 2.21. The average molecular weight is 183 g/mol. The predicted octanol–water partition coefficient (Wildman–Crippen LogP) is 2.43. The zero-order chi connectivity index (χ0) is 9.84. The smallest absolute Gasteiger partial charge is 0.222 e. The summed E-state index contributed by atoms with van der Waals surface area (Å²) in [7, 11) is 1.95. The van der Waals surface area contributed by atoms with Crippen molar-refractivity contribution in [3.05, 3.63) is 0 Å². The van der Waals surface area contributed by atoms with E-state index >= 15 is 0 Å². The molecule has 0 N–H and O–H groups in total. The van der Waals surface area contributed by atoms with E-state index < -0.39 is 0 Å². The van der Waals surface area contributed by atoms with Crippen LogP contribution in [0.25, 0.3) is 0 Å². The minimum absolute atomic E-state index is 0.291. The number of carbonyl (C=O) groups excluding carboxylic acids is 1. The molecular formula is C11H21NO. The summed E-state index contributed by atoms with van der Waals surface area (Å²) in [5, 5.41) is 0. The van der Waals surface area contributed by atoms with Crippen molar-refractivity contribution in [1.82, 2.24) is 4.90 Å². The van der Waals surface area contributed by atoms with Gasteiger partial charge in [0.05, 0.1) is 0 Å². The van der Waals surface area contributed by atoms with Gasteiger partial charge in [-0.25, -0.2) is 0 Å². The van der Waals surface area contributed by atoms with E-state index in [1.807, 2.05) is 18.9 Å². The first-order chi connectivity index (χ1) is 6.15. The molecule has 2 atom stereocenters. The van der Waals surface area contributed by atoms with Crippen molar-refractivity contribution in [2.24, 2.45) is 5.92 Å². The lowest BCUT2D eigenvalue weighted by Gasteiger charge is -2.34. The molecule has 0 aromatic carbocycles. The minimum atomic E-state index is 0.291. The summed E-state index contributed by atoms with van der Waals surface area (Å²) in [5.74, 6) is 1.09. The van der Waals surface area contributed by atoms with Gasteiger partial charge < -0.3 is 4.90 Å². The van der Waals surface area contributed by atoms with Crippen LogP contribution in [0.2, 0.25) is 0 Å². The zero-order valence-electron chi connectivity index (χ0n) is 9.05. The number of hydrogen-bond donors (Lipinski definition) is 0. The molecule has 0 aromatic heterocycles. The van der Waals surface area contributed by atoms with Crippen LogP contribution in [0.4, 0.5) is 0 Å². The van der Waals surface area contributed by atoms with Gasteiger partial charge in [-0.1, -0.05) is 26.7 Å². The molecule has 0 spiro atoms. The second kappa shape index (κ2) is 4.64. The quantitative estimate of drug-likeness (QED) is 0.644. The van der Waals surface area contributed by atoms with Gasteiger partial charge in [-0.2, -0.15) is 0 Å². The summed E-state index contributed by atoms with van der Waals surface area (Å²) >= 11 is 0. The SMILES string of the molecule is CCC(=O)N(C)C1CCCC(C)C1. The van der Waals surface area contributed by atoms with Crippen molar-refractivity contribution < 1.29 is 4.79 Å². The Morgan fingerprint density at radius 2 is 2.15 bits per heavy atom. The molecule has 0 bridgehead atoms. The minimum Gasteiger partial charge on any atom is -0.343 e. The first kappa shape index (κ1) is 10.6. The maximum absolute atomic E-state index is 11.4. The first-order valence-corrected chi connectivity index (χ1v) is 5.40. The molecule has 2 heteroatoms. The molecule has 1 saturated carbocycles. The van der Waals surface area contributed by atoms with Crippen LogP contribution in [-0.4, -0.2) is 23.9 Å². The number of rotatable bonds is 2. The van der Waals surface area contributed by atoms with E-state index in [0.717, 1.165) is 5.92 Å². The Bertz CT molecular complexity index is 179. The van der Waals surface area contributed by atoms with E-state index in [1.54, 1.807) is 0 Å². The molecule has 76 valence electrons. The first-order valence-electron chi connectivity index (χ1n) is 5.40. The highest BCUT2D eigenvalue weighted by Crippen LogP contribution is 2.26. The van der Waals surface area contributed by atoms with E-state index in [0.29, 0.717) is 18.4 Å². The van der Waals surface area contributed by atoms with Crippen molar-refractivity contribution in [3.8, 4) is 0 Å². The molecule has 13 heavy (non-hydrogen) atoms. The molecule has 1 fully saturated rings. The Balaban J connectivity index is 2.45. The van der Waals surface area contributed by atoms with Gasteiger partial charge in [0.2, 0.25) is 5.91 Å². The third-order valence-electron chi connectivity index (χ3n) is 3.15. The topological polar surface area (TPSA) is 20.3 Å². The standard InChI is InChI=1S/C11H21NO/c1-4-11(13)12(3)10-7-5-6-9(2)8-10/h9-10H,4-8H2,1-3H3. The van der Waals surface area contributed by atoms with Gasteiger partial charge in [0.25, 0.3) is 0 Å². The number of amides is 1. The summed E-state index contributed by atoms with van der Waals surface area (Å²) < 4.78 is 0. The third kappa shape index (κ3) is 2.71. The fraction of sp³-hybridized carbons (Fsp3) is 0.909. The number of carbonyl (C=O) groups is 1. The van der Waals surface area contributed by atoms with E-state index in [2.05, 4.69) is 6.92 Å². The molecular weight excluding hydrogens is 162 g/mol. The highest BCUT2D eigenvalue weighted by molar-refractivity contribution is 5.75.